The van der Waals surface area contributed by atoms with E-state index in [0.29, 0.717) is 6.04 Å². The number of carbonyl (C=O) groups excluding carboxylic acids is 1. The highest BCUT2D eigenvalue weighted by atomic mass is 16.1. The molecule has 1 fully saturated rings. The molecule has 2 N–H and O–H groups in total. The van der Waals surface area contributed by atoms with E-state index in [0.717, 1.165) is 32.5 Å². The summed E-state index contributed by atoms with van der Waals surface area (Å²) < 4.78 is 0. The topological polar surface area (TPSA) is 44.4 Å². The molecule has 1 saturated heterocycles. The minimum Gasteiger partial charge on any atom is -0.385 e. The number of nitrogens with zero attached hydrogens (tertiary/aromatic N) is 1. The predicted octanol–water partition coefficient (Wildman–Crippen LogP) is 2.15. The maximum absolute atomic E-state index is 11.1. The van der Waals surface area contributed by atoms with Gasteiger partial charge in [0, 0.05) is 44.0 Å². The fraction of sp³-hybridized carbons (Fsp3) is 0.562. The van der Waals surface area contributed by atoms with Gasteiger partial charge >= 0.3 is 0 Å². The lowest BCUT2D eigenvalue weighted by molar-refractivity contribution is -0.119. The van der Waals surface area contributed by atoms with E-state index >= 15 is 0 Å². The minimum absolute atomic E-state index is 0.0877. The van der Waals surface area contributed by atoms with Gasteiger partial charge in [-0.25, -0.2) is 0 Å². The average molecular weight is 273 g/mol. The van der Waals surface area contributed by atoms with Crippen molar-refractivity contribution in [2.24, 2.45) is 0 Å². The Morgan fingerprint density at radius 1 is 1.35 bits per heavy atom. The molecule has 108 valence electrons. The normalized spacial score (nSPS) is 19.1. The first-order chi connectivity index (χ1) is 9.74. The van der Waals surface area contributed by atoms with E-state index in [1.165, 1.54) is 29.8 Å². The van der Waals surface area contributed by atoms with Crippen molar-refractivity contribution < 1.29 is 4.79 Å². The lowest BCUT2D eigenvalue weighted by atomic mass is 9.98. The Morgan fingerprint density at radius 2 is 2.15 bits per heavy atom. The molecule has 1 amide bonds. The first-order valence-corrected chi connectivity index (χ1v) is 7.62. The molecule has 3 rings (SSSR count). The number of nitrogens with one attached hydrogen (secondary N) is 2. The number of amides is 1. The lowest BCUT2D eigenvalue weighted by Gasteiger charge is -2.36. The maximum Gasteiger partial charge on any atom is 0.217 e. The quantitative estimate of drug-likeness (QED) is 0.868. The number of piperidine rings is 1. The van der Waals surface area contributed by atoms with Crippen LogP contribution >= 0.6 is 0 Å². The second-order valence-corrected chi connectivity index (χ2v) is 5.80. The average Bonchev–Trinajstić information content (AvgIpc) is 2.47. The number of carbonyl (C=O) groups is 1. The smallest absolute Gasteiger partial charge is 0.217 e. The molecule has 0 unspecified atom stereocenters. The van der Waals surface area contributed by atoms with Gasteiger partial charge in [0.1, 0.15) is 0 Å². The molecule has 2 aliphatic heterocycles. The van der Waals surface area contributed by atoms with Crippen LogP contribution in [0, 0.1) is 0 Å². The van der Waals surface area contributed by atoms with Crippen LogP contribution in [-0.4, -0.2) is 31.6 Å². The van der Waals surface area contributed by atoms with Gasteiger partial charge in [-0.05, 0) is 43.4 Å². The third-order valence-electron chi connectivity index (χ3n) is 4.31. The zero-order chi connectivity index (χ0) is 13.9. The zero-order valence-electron chi connectivity index (χ0n) is 12.1. The van der Waals surface area contributed by atoms with E-state index in [-0.39, 0.29) is 5.91 Å². The molecule has 1 aromatic rings. The highest BCUT2D eigenvalue weighted by Crippen LogP contribution is 2.32. The van der Waals surface area contributed by atoms with Crippen molar-refractivity contribution in [3.05, 3.63) is 23.8 Å². The van der Waals surface area contributed by atoms with Crippen molar-refractivity contribution in [2.45, 2.75) is 38.6 Å². The molecule has 0 atom stereocenters. The van der Waals surface area contributed by atoms with Gasteiger partial charge in [0.25, 0.3) is 0 Å². The van der Waals surface area contributed by atoms with Crippen LogP contribution in [0.3, 0.4) is 0 Å². The van der Waals surface area contributed by atoms with Crippen molar-refractivity contribution >= 4 is 17.3 Å². The zero-order valence-corrected chi connectivity index (χ0v) is 12.1. The first-order valence-electron chi connectivity index (χ1n) is 7.62. The van der Waals surface area contributed by atoms with Crippen LogP contribution in [0.2, 0.25) is 0 Å². The Labute approximate surface area is 120 Å². The van der Waals surface area contributed by atoms with Crippen molar-refractivity contribution in [2.75, 3.05) is 29.9 Å². The number of fused-ring (bicyclic) bond motifs is 1. The van der Waals surface area contributed by atoms with Crippen LogP contribution < -0.4 is 15.5 Å². The lowest BCUT2D eigenvalue weighted by Crippen LogP contribution is -2.44. The van der Waals surface area contributed by atoms with Crippen LogP contribution in [-0.2, 0) is 11.2 Å². The Hall–Kier alpha value is -1.71. The summed E-state index contributed by atoms with van der Waals surface area (Å²) in [7, 11) is 0. The van der Waals surface area contributed by atoms with Gasteiger partial charge in [0.2, 0.25) is 5.91 Å². The van der Waals surface area contributed by atoms with E-state index in [4.69, 9.17) is 0 Å². The van der Waals surface area contributed by atoms with E-state index < -0.39 is 0 Å². The Bertz CT molecular complexity index is 492. The fourth-order valence-electron chi connectivity index (χ4n) is 3.34. The fourth-order valence-corrected chi connectivity index (χ4v) is 3.34. The summed E-state index contributed by atoms with van der Waals surface area (Å²) in [6.07, 6.45) is 4.46. The number of benzene rings is 1. The SMILES string of the molecule is CC(=O)NC1CCN(c2cccc3c2CCCN3)CC1. The highest BCUT2D eigenvalue weighted by molar-refractivity contribution is 5.73. The van der Waals surface area contributed by atoms with Gasteiger partial charge in [-0.3, -0.25) is 4.79 Å². The van der Waals surface area contributed by atoms with Crippen LogP contribution in [0.5, 0.6) is 0 Å². The third kappa shape index (κ3) is 2.74. The standard InChI is InChI=1S/C16H23N3O/c1-12(20)18-13-7-10-19(11-8-13)16-6-2-5-15-14(16)4-3-9-17-15/h2,5-6,13,17H,3-4,7-11H2,1H3,(H,18,20). The molecule has 1 aromatic carbocycles. The number of anilines is 2. The Kier molecular flexibility index (Phi) is 3.81. The summed E-state index contributed by atoms with van der Waals surface area (Å²) in [5.41, 5.74) is 4.16. The van der Waals surface area contributed by atoms with Crippen molar-refractivity contribution in [1.82, 2.24) is 5.32 Å². The second kappa shape index (κ2) is 5.73. The molecule has 0 bridgehead atoms. The highest BCUT2D eigenvalue weighted by Gasteiger charge is 2.23. The Morgan fingerprint density at radius 3 is 2.90 bits per heavy atom. The molecule has 20 heavy (non-hydrogen) atoms. The van der Waals surface area contributed by atoms with Gasteiger partial charge in [-0.15, -0.1) is 0 Å². The number of hydrogen-bond donors (Lipinski definition) is 2. The number of rotatable bonds is 2. The van der Waals surface area contributed by atoms with Gasteiger partial charge in [-0.1, -0.05) is 6.07 Å². The molecule has 0 aliphatic carbocycles. The molecular weight excluding hydrogens is 250 g/mol. The minimum atomic E-state index is 0.0877. The van der Waals surface area contributed by atoms with E-state index in [1.54, 1.807) is 6.92 Å². The summed E-state index contributed by atoms with van der Waals surface area (Å²) in [5.74, 6) is 0.0877. The molecule has 0 saturated carbocycles. The van der Waals surface area contributed by atoms with Crippen LogP contribution in [0.15, 0.2) is 18.2 Å². The van der Waals surface area contributed by atoms with Gasteiger partial charge in [0.15, 0.2) is 0 Å². The molecule has 4 nitrogen and oxygen atoms in total. The molecule has 0 spiro atoms. The van der Waals surface area contributed by atoms with E-state index in [2.05, 4.69) is 33.7 Å². The van der Waals surface area contributed by atoms with Crippen molar-refractivity contribution in [1.29, 1.82) is 0 Å². The summed E-state index contributed by atoms with van der Waals surface area (Å²) in [6.45, 7) is 4.75. The van der Waals surface area contributed by atoms with Crippen LogP contribution in [0.1, 0.15) is 31.7 Å². The molecule has 4 heteroatoms. The summed E-state index contributed by atoms with van der Waals surface area (Å²) in [5, 5.41) is 6.53. The van der Waals surface area contributed by atoms with E-state index in [9.17, 15) is 4.79 Å². The van der Waals surface area contributed by atoms with Gasteiger partial charge in [-0.2, -0.15) is 0 Å². The predicted molar refractivity (Wildman–Crippen MR) is 82.3 cm³/mol. The largest absolute Gasteiger partial charge is 0.385 e. The monoisotopic (exact) mass is 273 g/mol. The molecule has 2 aliphatic rings. The molecule has 2 heterocycles. The van der Waals surface area contributed by atoms with Gasteiger partial charge < -0.3 is 15.5 Å². The Balaban J connectivity index is 1.71. The molecular formula is C16H23N3O. The summed E-state index contributed by atoms with van der Waals surface area (Å²) in [6, 6.07) is 6.92. The van der Waals surface area contributed by atoms with Crippen molar-refractivity contribution in [3.63, 3.8) is 0 Å². The van der Waals surface area contributed by atoms with Gasteiger partial charge in [0.05, 0.1) is 0 Å². The summed E-state index contributed by atoms with van der Waals surface area (Å²) in [4.78, 5) is 13.6. The molecule has 0 radical (unpaired) electrons. The maximum atomic E-state index is 11.1. The first kappa shape index (κ1) is 13.3. The van der Waals surface area contributed by atoms with Crippen LogP contribution in [0.4, 0.5) is 11.4 Å². The molecule has 0 aromatic heterocycles. The van der Waals surface area contributed by atoms with E-state index in [1.807, 2.05) is 0 Å². The third-order valence-corrected chi connectivity index (χ3v) is 4.31. The summed E-state index contributed by atoms with van der Waals surface area (Å²) >= 11 is 0. The van der Waals surface area contributed by atoms with Crippen LogP contribution in [0.25, 0.3) is 0 Å². The second-order valence-electron chi connectivity index (χ2n) is 5.80. The van der Waals surface area contributed by atoms with Crippen molar-refractivity contribution in [3.8, 4) is 0 Å². The number of hydrogen-bond acceptors (Lipinski definition) is 3.